The van der Waals surface area contributed by atoms with Crippen LogP contribution in [-0.2, 0) is 4.79 Å². The molecule has 1 heterocycles. The average Bonchev–Trinajstić information content (AvgIpc) is 3.05. The second-order valence-corrected chi connectivity index (χ2v) is 5.72. The fraction of sp³-hybridized carbons (Fsp3) is 0.211. The molecule has 0 radical (unpaired) electrons. The number of nitrogens with one attached hydrogen (secondary N) is 2. The number of hydrogen-bond donors (Lipinski definition) is 2. The molecule has 122 valence electrons. The summed E-state index contributed by atoms with van der Waals surface area (Å²) in [6, 6.07) is 16.5. The van der Waals surface area contributed by atoms with Gasteiger partial charge < -0.3 is 10.3 Å². The van der Waals surface area contributed by atoms with Crippen LogP contribution in [-0.4, -0.2) is 21.7 Å². The third kappa shape index (κ3) is 3.68. The van der Waals surface area contributed by atoms with Crippen LogP contribution >= 0.6 is 0 Å². The summed E-state index contributed by atoms with van der Waals surface area (Å²) in [6.45, 7) is 1.87. The minimum absolute atomic E-state index is 0.0258. The average molecular weight is 321 g/mol. The first-order chi connectivity index (χ1) is 11.6. The predicted octanol–water partition coefficient (Wildman–Crippen LogP) is 3.40. The first kappa shape index (κ1) is 15.9. The van der Waals surface area contributed by atoms with Crippen LogP contribution < -0.4 is 5.32 Å². The van der Waals surface area contributed by atoms with Gasteiger partial charge in [-0.3, -0.25) is 9.59 Å². The Balaban J connectivity index is 1.55. The number of fused-ring (bicyclic) bond motifs is 1. The van der Waals surface area contributed by atoms with Crippen LogP contribution in [0.3, 0.4) is 0 Å². The Morgan fingerprint density at radius 1 is 1.04 bits per heavy atom. The number of ketones is 1. The number of aromatic nitrogens is 2. The topological polar surface area (TPSA) is 74.8 Å². The maximum atomic E-state index is 12.1. The summed E-state index contributed by atoms with van der Waals surface area (Å²) in [7, 11) is 0. The van der Waals surface area contributed by atoms with Crippen molar-refractivity contribution >= 4 is 22.7 Å². The van der Waals surface area contributed by atoms with E-state index >= 15 is 0 Å². The Bertz CT molecular complexity index is 822. The zero-order valence-corrected chi connectivity index (χ0v) is 13.5. The maximum absolute atomic E-state index is 12.1. The molecule has 1 amide bonds. The SMILES string of the molecule is CC(NC(=O)CCC(=O)c1ccccc1)c1nc2ccccc2[nH]1. The maximum Gasteiger partial charge on any atom is 0.221 e. The molecule has 0 bridgehead atoms. The van der Waals surface area contributed by atoms with Crippen molar-refractivity contribution in [2.45, 2.75) is 25.8 Å². The molecule has 5 heteroatoms. The van der Waals surface area contributed by atoms with Gasteiger partial charge in [-0.15, -0.1) is 0 Å². The number of aromatic amines is 1. The van der Waals surface area contributed by atoms with Crippen LogP contribution in [0, 0.1) is 0 Å². The van der Waals surface area contributed by atoms with Gasteiger partial charge in [-0.05, 0) is 19.1 Å². The Labute approximate surface area is 140 Å². The molecule has 5 nitrogen and oxygen atoms in total. The lowest BCUT2D eigenvalue weighted by atomic mass is 10.1. The number of benzene rings is 2. The summed E-state index contributed by atoms with van der Waals surface area (Å²) >= 11 is 0. The largest absolute Gasteiger partial charge is 0.346 e. The van der Waals surface area contributed by atoms with Crippen LogP contribution in [0.1, 0.15) is 42.0 Å². The van der Waals surface area contributed by atoms with Gasteiger partial charge in [0.05, 0.1) is 17.1 Å². The molecule has 0 fully saturated rings. The second-order valence-electron chi connectivity index (χ2n) is 5.72. The molecule has 0 aliphatic heterocycles. The molecule has 0 saturated heterocycles. The van der Waals surface area contributed by atoms with Gasteiger partial charge in [-0.25, -0.2) is 4.98 Å². The smallest absolute Gasteiger partial charge is 0.221 e. The van der Waals surface area contributed by atoms with Crippen molar-refractivity contribution in [2.75, 3.05) is 0 Å². The Kier molecular flexibility index (Phi) is 4.70. The van der Waals surface area contributed by atoms with Gasteiger partial charge in [0, 0.05) is 18.4 Å². The van der Waals surface area contributed by atoms with E-state index in [4.69, 9.17) is 0 Å². The van der Waals surface area contributed by atoms with E-state index in [0.29, 0.717) is 11.4 Å². The van der Waals surface area contributed by atoms with E-state index in [1.165, 1.54) is 0 Å². The van der Waals surface area contributed by atoms with Crippen molar-refractivity contribution in [1.29, 1.82) is 0 Å². The van der Waals surface area contributed by atoms with E-state index in [-0.39, 0.29) is 30.6 Å². The number of Topliss-reactive ketones (excluding diaryl/α,β-unsaturated/α-hetero) is 1. The normalized spacial score (nSPS) is 12.0. The highest BCUT2D eigenvalue weighted by atomic mass is 16.2. The summed E-state index contributed by atoms with van der Waals surface area (Å²) in [5.74, 6) is 0.522. The van der Waals surface area contributed by atoms with Crippen LogP contribution in [0.15, 0.2) is 54.6 Å². The van der Waals surface area contributed by atoms with E-state index < -0.39 is 0 Å². The molecule has 24 heavy (non-hydrogen) atoms. The van der Waals surface area contributed by atoms with E-state index in [0.717, 1.165) is 11.0 Å². The molecule has 0 aliphatic rings. The molecule has 1 atom stereocenters. The number of H-pyrrole nitrogens is 1. The molecular weight excluding hydrogens is 302 g/mol. The standard InChI is InChI=1S/C19H19N3O2/c1-13(19-21-15-9-5-6-10-16(15)22-19)20-18(24)12-11-17(23)14-7-3-2-4-8-14/h2-10,13H,11-12H2,1H3,(H,20,24)(H,21,22). The zero-order chi connectivity index (χ0) is 16.9. The van der Waals surface area contributed by atoms with Crippen molar-refractivity contribution in [3.63, 3.8) is 0 Å². The van der Waals surface area contributed by atoms with Gasteiger partial charge >= 0.3 is 0 Å². The first-order valence-electron chi connectivity index (χ1n) is 7.96. The van der Waals surface area contributed by atoms with Gasteiger partial charge in [0.1, 0.15) is 5.82 Å². The fourth-order valence-corrected chi connectivity index (χ4v) is 2.56. The highest BCUT2D eigenvalue weighted by Crippen LogP contribution is 2.15. The summed E-state index contributed by atoms with van der Waals surface area (Å²) in [5.41, 5.74) is 2.44. The molecule has 2 aromatic carbocycles. The molecule has 1 unspecified atom stereocenters. The minimum Gasteiger partial charge on any atom is -0.346 e. The summed E-state index contributed by atoms with van der Waals surface area (Å²) < 4.78 is 0. The molecule has 1 aromatic heterocycles. The summed E-state index contributed by atoms with van der Waals surface area (Å²) in [6.07, 6.45) is 0.362. The van der Waals surface area contributed by atoms with Gasteiger partial charge in [-0.1, -0.05) is 42.5 Å². The Hall–Kier alpha value is -2.95. The number of rotatable bonds is 6. The van der Waals surface area contributed by atoms with Gasteiger partial charge in [-0.2, -0.15) is 0 Å². The van der Waals surface area contributed by atoms with Crippen LogP contribution in [0.5, 0.6) is 0 Å². The molecule has 0 saturated carbocycles. The quantitative estimate of drug-likeness (QED) is 0.683. The van der Waals surface area contributed by atoms with E-state index in [1.54, 1.807) is 12.1 Å². The minimum atomic E-state index is -0.239. The van der Waals surface area contributed by atoms with E-state index in [1.807, 2.05) is 49.4 Å². The number of amides is 1. The van der Waals surface area contributed by atoms with Crippen molar-refractivity contribution in [2.24, 2.45) is 0 Å². The van der Waals surface area contributed by atoms with Crippen LogP contribution in [0.25, 0.3) is 11.0 Å². The van der Waals surface area contributed by atoms with E-state index in [9.17, 15) is 9.59 Å². The molecule has 2 N–H and O–H groups in total. The summed E-state index contributed by atoms with van der Waals surface area (Å²) in [4.78, 5) is 31.8. The van der Waals surface area contributed by atoms with Gasteiger partial charge in [0.2, 0.25) is 5.91 Å². The van der Waals surface area contributed by atoms with E-state index in [2.05, 4.69) is 15.3 Å². The number of imidazole rings is 1. The molecule has 3 rings (SSSR count). The van der Waals surface area contributed by atoms with Crippen molar-refractivity contribution in [1.82, 2.24) is 15.3 Å². The zero-order valence-electron chi connectivity index (χ0n) is 13.5. The van der Waals surface area contributed by atoms with Crippen LogP contribution in [0.4, 0.5) is 0 Å². The Morgan fingerprint density at radius 2 is 1.75 bits per heavy atom. The second kappa shape index (κ2) is 7.08. The van der Waals surface area contributed by atoms with Crippen molar-refractivity contribution < 1.29 is 9.59 Å². The first-order valence-corrected chi connectivity index (χ1v) is 7.96. The monoisotopic (exact) mass is 321 g/mol. The number of carbonyl (C=O) groups is 2. The highest BCUT2D eigenvalue weighted by Gasteiger charge is 2.15. The molecule has 3 aromatic rings. The lowest BCUT2D eigenvalue weighted by Gasteiger charge is -2.11. The third-order valence-corrected chi connectivity index (χ3v) is 3.87. The predicted molar refractivity (Wildman–Crippen MR) is 92.7 cm³/mol. The number of para-hydroxylation sites is 2. The number of carbonyl (C=O) groups excluding carboxylic acids is 2. The molecular formula is C19H19N3O2. The Morgan fingerprint density at radius 3 is 2.50 bits per heavy atom. The van der Waals surface area contributed by atoms with Gasteiger partial charge in [0.25, 0.3) is 0 Å². The lowest BCUT2D eigenvalue weighted by molar-refractivity contribution is -0.121. The fourth-order valence-electron chi connectivity index (χ4n) is 2.56. The van der Waals surface area contributed by atoms with Crippen molar-refractivity contribution in [3.8, 4) is 0 Å². The molecule has 0 spiro atoms. The number of hydrogen-bond acceptors (Lipinski definition) is 3. The highest BCUT2D eigenvalue weighted by molar-refractivity contribution is 5.97. The van der Waals surface area contributed by atoms with Crippen molar-refractivity contribution in [3.05, 3.63) is 66.0 Å². The van der Waals surface area contributed by atoms with Gasteiger partial charge in [0.15, 0.2) is 5.78 Å². The third-order valence-electron chi connectivity index (χ3n) is 3.87. The number of nitrogens with zero attached hydrogens (tertiary/aromatic N) is 1. The lowest BCUT2D eigenvalue weighted by Crippen LogP contribution is -2.27. The molecule has 0 aliphatic carbocycles. The van der Waals surface area contributed by atoms with Crippen LogP contribution in [0.2, 0.25) is 0 Å². The summed E-state index contributed by atoms with van der Waals surface area (Å²) in [5, 5.41) is 2.88.